The Hall–Kier alpha value is -2.08. The Balaban J connectivity index is 1.42. The van der Waals surface area contributed by atoms with Crippen molar-refractivity contribution in [2.45, 2.75) is 19.5 Å². The molecule has 2 aliphatic rings. The molecule has 1 N–H and O–H groups in total. The molecule has 1 aliphatic carbocycles. The fourth-order valence-corrected chi connectivity index (χ4v) is 3.11. The van der Waals surface area contributed by atoms with Crippen molar-refractivity contribution in [2.24, 2.45) is 5.92 Å². The number of nitrogens with zero attached hydrogens (tertiary/aromatic N) is 3. The maximum atomic E-state index is 12.3. The van der Waals surface area contributed by atoms with Crippen LogP contribution in [0.4, 0.5) is 0 Å². The number of carbonyl (C=O) groups is 1. The van der Waals surface area contributed by atoms with Gasteiger partial charge >= 0.3 is 0 Å². The van der Waals surface area contributed by atoms with E-state index in [1.165, 1.54) is 0 Å². The summed E-state index contributed by atoms with van der Waals surface area (Å²) in [6, 6.07) is 7.56. The zero-order chi connectivity index (χ0) is 15.1. The number of nitrogens with one attached hydrogen (secondary N) is 1. The smallest absolute Gasteiger partial charge is 0.275 e. The molecule has 6 nitrogen and oxygen atoms in total. The summed E-state index contributed by atoms with van der Waals surface area (Å²) >= 11 is 0. The molecule has 116 valence electrons. The van der Waals surface area contributed by atoms with E-state index in [0.29, 0.717) is 18.5 Å². The summed E-state index contributed by atoms with van der Waals surface area (Å²) in [4.78, 5) is 28.5. The Kier molecular flexibility index (Phi) is 3.26. The molecule has 2 fully saturated rings. The average molecular weight is 300 g/mol. The summed E-state index contributed by atoms with van der Waals surface area (Å²) in [6.07, 6.45) is 2.12. The van der Waals surface area contributed by atoms with Gasteiger partial charge in [-0.15, -0.1) is 0 Å². The summed E-state index contributed by atoms with van der Waals surface area (Å²) < 4.78 is 1.66. The SMILES string of the molecule is O=C(C1CC1)N1CCN(Cn2[nH]c3ccccc3c2=O)CC1. The molecule has 1 aromatic heterocycles. The molecule has 0 atom stereocenters. The summed E-state index contributed by atoms with van der Waals surface area (Å²) in [6.45, 7) is 3.73. The first-order valence-corrected chi connectivity index (χ1v) is 7.91. The van der Waals surface area contributed by atoms with E-state index in [9.17, 15) is 9.59 Å². The molecule has 1 saturated carbocycles. The number of fused-ring (bicyclic) bond motifs is 1. The molecule has 2 aromatic rings. The van der Waals surface area contributed by atoms with Crippen molar-refractivity contribution >= 4 is 16.8 Å². The highest BCUT2D eigenvalue weighted by atomic mass is 16.2. The lowest BCUT2D eigenvalue weighted by atomic mass is 10.2. The van der Waals surface area contributed by atoms with Crippen molar-refractivity contribution in [3.05, 3.63) is 34.6 Å². The van der Waals surface area contributed by atoms with Crippen LogP contribution in [-0.2, 0) is 11.5 Å². The Labute approximate surface area is 128 Å². The number of benzene rings is 1. The van der Waals surface area contributed by atoms with Gasteiger partial charge in [0, 0.05) is 32.1 Å². The standard InChI is InChI=1S/C16H20N4O2/c21-15(12-5-6-12)19-9-7-18(8-10-19)11-20-16(22)13-3-1-2-4-14(13)17-20/h1-4,12,17H,5-11H2. The minimum Gasteiger partial charge on any atom is -0.340 e. The average Bonchev–Trinajstić information content (AvgIpc) is 3.35. The molecule has 1 saturated heterocycles. The number of aromatic amines is 1. The third kappa shape index (κ3) is 2.43. The Morgan fingerprint density at radius 1 is 1.14 bits per heavy atom. The molecule has 0 spiro atoms. The van der Waals surface area contributed by atoms with Crippen molar-refractivity contribution < 1.29 is 4.79 Å². The topological polar surface area (TPSA) is 61.3 Å². The second-order valence-corrected chi connectivity index (χ2v) is 6.25. The fourth-order valence-electron chi connectivity index (χ4n) is 3.11. The van der Waals surface area contributed by atoms with E-state index in [4.69, 9.17) is 0 Å². The Morgan fingerprint density at radius 3 is 2.55 bits per heavy atom. The molecule has 2 heterocycles. The monoisotopic (exact) mass is 300 g/mol. The van der Waals surface area contributed by atoms with Gasteiger partial charge in [-0.1, -0.05) is 12.1 Å². The largest absolute Gasteiger partial charge is 0.340 e. The second kappa shape index (κ2) is 5.28. The number of piperazine rings is 1. The van der Waals surface area contributed by atoms with Gasteiger partial charge in [0.2, 0.25) is 5.91 Å². The molecule has 1 aromatic carbocycles. The molecular formula is C16H20N4O2. The summed E-state index contributed by atoms with van der Waals surface area (Å²) in [5, 5.41) is 3.88. The van der Waals surface area contributed by atoms with Crippen LogP contribution < -0.4 is 5.56 Å². The van der Waals surface area contributed by atoms with Crippen LogP contribution in [-0.4, -0.2) is 51.7 Å². The van der Waals surface area contributed by atoms with Crippen LogP contribution in [0.1, 0.15) is 12.8 Å². The maximum absolute atomic E-state index is 12.3. The van der Waals surface area contributed by atoms with E-state index < -0.39 is 0 Å². The predicted molar refractivity (Wildman–Crippen MR) is 83.4 cm³/mol. The predicted octanol–water partition coefficient (Wildman–Crippen LogP) is 0.841. The van der Waals surface area contributed by atoms with Crippen LogP contribution in [0.3, 0.4) is 0 Å². The van der Waals surface area contributed by atoms with E-state index in [-0.39, 0.29) is 5.56 Å². The van der Waals surface area contributed by atoms with Crippen molar-refractivity contribution in [2.75, 3.05) is 26.2 Å². The zero-order valence-corrected chi connectivity index (χ0v) is 12.5. The van der Waals surface area contributed by atoms with E-state index >= 15 is 0 Å². The fraction of sp³-hybridized carbons (Fsp3) is 0.500. The molecule has 0 bridgehead atoms. The highest BCUT2D eigenvalue weighted by Gasteiger charge is 2.34. The van der Waals surface area contributed by atoms with Crippen molar-refractivity contribution in [1.29, 1.82) is 0 Å². The number of aromatic nitrogens is 2. The van der Waals surface area contributed by atoms with Crippen LogP contribution in [0, 0.1) is 5.92 Å². The highest BCUT2D eigenvalue weighted by molar-refractivity contribution is 5.81. The summed E-state index contributed by atoms with van der Waals surface area (Å²) in [7, 11) is 0. The van der Waals surface area contributed by atoms with Gasteiger partial charge in [0.05, 0.1) is 17.6 Å². The molecule has 4 rings (SSSR count). The van der Waals surface area contributed by atoms with Gasteiger partial charge in [-0.2, -0.15) is 0 Å². The second-order valence-electron chi connectivity index (χ2n) is 6.25. The first-order chi connectivity index (χ1) is 10.7. The lowest BCUT2D eigenvalue weighted by Gasteiger charge is -2.34. The van der Waals surface area contributed by atoms with Gasteiger partial charge in [0.1, 0.15) is 0 Å². The molecule has 22 heavy (non-hydrogen) atoms. The molecule has 0 unspecified atom stereocenters. The van der Waals surface area contributed by atoms with Gasteiger partial charge in [-0.05, 0) is 25.0 Å². The lowest BCUT2D eigenvalue weighted by Crippen LogP contribution is -2.50. The minimum absolute atomic E-state index is 0.0205. The van der Waals surface area contributed by atoms with Crippen LogP contribution in [0.5, 0.6) is 0 Å². The first kappa shape index (κ1) is 13.6. The minimum atomic E-state index is 0.0205. The Bertz CT molecular complexity index is 751. The van der Waals surface area contributed by atoms with Gasteiger partial charge in [-0.25, -0.2) is 4.68 Å². The van der Waals surface area contributed by atoms with Gasteiger partial charge in [0.15, 0.2) is 0 Å². The molecular weight excluding hydrogens is 280 g/mol. The molecule has 6 heteroatoms. The van der Waals surface area contributed by atoms with Crippen LogP contribution >= 0.6 is 0 Å². The third-order valence-electron chi connectivity index (χ3n) is 4.61. The zero-order valence-electron chi connectivity index (χ0n) is 12.5. The van der Waals surface area contributed by atoms with E-state index in [1.807, 2.05) is 29.2 Å². The summed E-state index contributed by atoms with van der Waals surface area (Å²) in [5.74, 6) is 0.616. The normalized spacial score (nSPS) is 19.7. The lowest BCUT2D eigenvalue weighted by molar-refractivity contribution is -0.134. The first-order valence-electron chi connectivity index (χ1n) is 7.91. The van der Waals surface area contributed by atoms with Crippen LogP contribution in [0.15, 0.2) is 29.1 Å². The number of para-hydroxylation sites is 1. The van der Waals surface area contributed by atoms with Gasteiger partial charge < -0.3 is 4.90 Å². The number of H-pyrrole nitrogens is 1. The number of rotatable bonds is 3. The van der Waals surface area contributed by atoms with Crippen molar-refractivity contribution in [1.82, 2.24) is 19.6 Å². The van der Waals surface area contributed by atoms with Gasteiger partial charge in [0.25, 0.3) is 5.56 Å². The third-order valence-corrected chi connectivity index (χ3v) is 4.61. The molecule has 0 radical (unpaired) electrons. The number of carbonyl (C=O) groups excluding carboxylic acids is 1. The number of hydrogen-bond donors (Lipinski definition) is 1. The van der Waals surface area contributed by atoms with Crippen molar-refractivity contribution in [3.63, 3.8) is 0 Å². The van der Waals surface area contributed by atoms with Gasteiger partial charge in [-0.3, -0.25) is 19.6 Å². The van der Waals surface area contributed by atoms with Crippen LogP contribution in [0.25, 0.3) is 10.9 Å². The number of hydrogen-bond acceptors (Lipinski definition) is 3. The van der Waals surface area contributed by atoms with E-state index in [0.717, 1.165) is 49.9 Å². The Morgan fingerprint density at radius 2 is 1.86 bits per heavy atom. The molecule has 1 amide bonds. The van der Waals surface area contributed by atoms with E-state index in [1.54, 1.807) is 4.68 Å². The maximum Gasteiger partial charge on any atom is 0.275 e. The van der Waals surface area contributed by atoms with E-state index in [2.05, 4.69) is 10.00 Å². The van der Waals surface area contributed by atoms with Crippen LogP contribution in [0.2, 0.25) is 0 Å². The molecule has 1 aliphatic heterocycles. The summed E-state index contributed by atoms with van der Waals surface area (Å²) in [5.41, 5.74) is 0.891. The van der Waals surface area contributed by atoms with Crippen molar-refractivity contribution in [3.8, 4) is 0 Å². The number of amides is 1. The quantitative estimate of drug-likeness (QED) is 0.914. The highest BCUT2D eigenvalue weighted by Crippen LogP contribution is 2.31.